The zero-order valence-electron chi connectivity index (χ0n) is 17.8. The average molecular weight is 437 g/mol. The molecule has 1 heterocycles. The standard InChI is InChI=1S/C24H24FN3O4/c1-31-8-7-27-23(30)14-32-22-11-19-16(10-21(22)29)13-28(18-5-6-18)20(12-26)24(19)15-3-2-4-17(25)9-15/h2-4,9,11,13,18,22H,5-8,10,14H2,1H3,(H,27,30). The maximum absolute atomic E-state index is 14.0. The largest absolute Gasteiger partial charge is 0.383 e. The van der Waals surface area contributed by atoms with E-state index in [4.69, 9.17) is 9.47 Å². The van der Waals surface area contributed by atoms with Gasteiger partial charge in [0.15, 0.2) is 5.78 Å². The molecule has 8 heteroatoms. The first kappa shape index (κ1) is 21.9. The minimum atomic E-state index is -0.925. The fraction of sp³-hybridized carbons (Fsp3) is 0.375. The molecule has 0 bridgehead atoms. The summed E-state index contributed by atoms with van der Waals surface area (Å²) < 4.78 is 24.5. The molecule has 1 saturated carbocycles. The molecule has 1 fully saturated rings. The van der Waals surface area contributed by atoms with Gasteiger partial charge in [0.1, 0.15) is 30.3 Å². The molecule has 0 saturated heterocycles. The van der Waals surface area contributed by atoms with E-state index >= 15 is 0 Å². The summed E-state index contributed by atoms with van der Waals surface area (Å²) in [6, 6.07) is 8.57. The van der Waals surface area contributed by atoms with Gasteiger partial charge in [-0.3, -0.25) is 9.59 Å². The van der Waals surface area contributed by atoms with Crippen molar-refractivity contribution in [1.82, 2.24) is 10.2 Å². The molecule has 1 N–H and O–H groups in total. The van der Waals surface area contributed by atoms with Gasteiger partial charge in [-0.15, -0.1) is 0 Å². The van der Waals surface area contributed by atoms with Gasteiger partial charge in [-0.2, -0.15) is 5.26 Å². The van der Waals surface area contributed by atoms with Crippen molar-refractivity contribution >= 4 is 17.3 Å². The van der Waals surface area contributed by atoms with Crippen molar-refractivity contribution < 1.29 is 23.5 Å². The Balaban J connectivity index is 1.66. The number of allylic oxidation sites excluding steroid dienone is 4. The molecule has 1 aromatic carbocycles. The zero-order chi connectivity index (χ0) is 22.7. The van der Waals surface area contributed by atoms with E-state index in [-0.39, 0.29) is 30.8 Å². The van der Waals surface area contributed by atoms with E-state index in [1.165, 1.54) is 19.2 Å². The van der Waals surface area contributed by atoms with Gasteiger partial charge in [0, 0.05) is 37.9 Å². The fourth-order valence-corrected chi connectivity index (χ4v) is 3.92. The third-order valence-electron chi connectivity index (χ3n) is 5.59. The second kappa shape index (κ2) is 9.47. The van der Waals surface area contributed by atoms with Crippen LogP contribution in [0.15, 0.2) is 53.4 Å². The normalized spacial score (nSPS) is 20.3. The number of ether oxygens (including phenoxy) is 2. The molecule has 0 aromatic heterocycles. The molecule has 1 aliphatic heterocycles. The second-order valence-electron chi connectivity index (χ2n) is 7.94. The molecule has 0 spiro atoms. The molecule has 1 amide bonds. The first-order chi connectivity index (χ1) is 15.5. The number of nitrogens with zero attached hydrogens (tertiary/aromatic N) is 2. The van der Waals surface area contributed by atoms with Gasteiger partial charge in [0.05, 0.1) is 6.61 Å². The van der Waals surface area contributed by atoms with Crippen LogP contribution in [0.4, 0.5) is 4.39 Å². The Morgan fingerprint density at radius 2 is 2.19 bits per heavy atom. The smallest absolute Gasteiger partial charge is 0.246 e. The highest BCUT2D eigenvalue weighted by Crippen LogP contribution is 2.44. The molecule has 1 atom stereocenters. The quantitative estimate of drug-likeness (QED) is 0.629. The molecule has 166 valence electrons. The van der Waals surface area contributed by atoms with Crippen molar-refractivity contribution in [2.75, 3.05) is 26.9 Å². The third-order valence-corrected chi connectivity index (χ3v) is 5.59. The summed E-state index contributed by atoms with van der Waals surface area (Å²) in [6.45, 7) is 0.448. The Labute approximate surface area is 185 Å². The van der Waals surface area contributed by atoms with Crippen LogP contribution in [-0.2, 0) is 19.1 Å². The van der Waals surface area contributed by atoms with Crippen LogP contribution in [0.25, 0.3) is 5.57 Å². The Kier molecular flexibility index (Phi) is 6.49. The topological polar surface area (TPSA) is 91.7 Å². The van der Waals surface area contributed by atoms with Crippen LogP contribution < -0.4 is 5.32 Å². The number of nitriles is 1. The van der Waals surface area contributed by atoms with E-state index in [9.17, 15) is 19.2 Å². The van der Waals surface area contributed by atoms with Gasteiger partial charge < -0.3 is 19.7 Å². The number of carbonyl (C=O) groups is 2. The van der Waals surface area contributed by atoms with Crippen LogP contribution in [0.5, 0.6) is 0 Å². The van der Waals surface area contributed by atoms with E-state index in [2.05, 4.69) is 11.4 Å². The third kappa shape index (κ3) is 4.64. The summed E-state index contributed by atoms with van der Waals surface area (Å²) >= 11 is 0. The minimum absolute atomic E-state index is 0.114. The van der Waals surface area contributed by atoms with Crippen molar-refractivity contribution in [3.8, 4) is 6.07 Å². The maximum atomic E-state index is 14.0. The molecule has 3 aliphatic rings. The number of benzene rings is 1. The van der Waals surface area contributed by atoms with Crippen LogP contribution in [0, 0.1) is 17.1 Å². The Hall–Kier alpha value is -3.28. The first-order valence-electron chi connectivity index (χ1n) is 10.5. The van der Waals surface area contributed by atoms with Crippen LogP contribution in [0.1, 0.15) is 24.8 Å². The van der Waals surface area contributed by atoms with Crippen LogP contribution >= 0.6 is 0 Å². The van der Waals surface area contributed by atoms with Crippen molar-refractivity contribution in [3.63, 3.8) is 0 Å². The molecule has 7 nitrogen and oxygen atoms in total. The lowest BCUT2D eigenvalue weighted by molar-refractivity contribution is -0.133. The van der Waals surface area contributed by atoms with Crippen molar-refractivity contribution in [3.05, 3.63) is 64.8 Å². The van der Waals surface area contributed by atoms with E-state index < -0.39 is 11.9 Å². The van der Waals surface area contributed by atoms with Crippen molar-refractivity contribution in [1.29, 1.82) is 5.26 Å². The van der Waals surface area contributed by atoms with Crippen LogP contribution in [0.3, 0.4) is 0 Å². The van der Waals surface area contributed by atoms with Gasteiger partial charge in [0.25, 0.3) is 0 Å². The van der Waals surface area contributed by atoms with Gasteiger partial charge in [0.2, 0.25) is 5.91 Å². The lowest BCUT2D eigenvalue weighted by atomic mass is 9.81. The van der Waals surface area contributed by atoms with Gasteiger partial charge in [-0.25, -0.2) is 4.39 Å². The molecule has 2 aliphatic carbocycles. The number of rotatable bonds is 8. The number of methoxy groups -OCH3 is 1. The van der Waals surface area contributed by atoms with Crippen LogP contribution in [0.2, 0.25) is 0 Å². The van der Waals surface area contributed by atoms with Gasteiger partial charge >= 0.3 is 0 Å². The summed E-state index contributed by atoms with van der Waals surface area (Å²) in [4.78, 5) is 26.6. The summed E-state index contributed by atoms with van der Waals surface area (Å²) in [5, 5.41) is 12.6. The summed E-state index contributed by atoms with van der Waals surface area (Å²) in [5.41, 5.74) is 3.02. The molecule has 1 unspecified atom stereocenters. The number of Topliss-reactive ketones (excluding diaryl/α,β-unsaturated/α-hetero) is 1. The first-order valence-corrected chi connectivity index (χ1v) is 10.5. The average Bonchev–Trinajstić information content (AvgIpc) is 3.62. The van der Waals surface area contributed by atoms with Gasteiger partial charge in [-0.05, 0) is 47.8 Å². The Morgan fingerprint density at radius 3 is 2.88 bits per heavy atom. The number of carbonyl (C=O) groups excluding carboxylic acids is 2. The highest BCUT2D eigenvalue weighted by Gasteiger charge is 2.38. The van der Waals surface area contributed by atoms with E-state index in [0.717, 1.165) is 18.4 Å². The molecule has 32 heavy (non-hydrogen) atoms. The van der Waals surface area contributed by atoms with Crippen molar-refractivity contribution in [2.45, 2.75) is 31.4 Å². The van der Waals surface area contributed by atoms with Gasteiger partial charge in [-0.1, -0.05) is 12.1 Å². The maximum Gasteiger partial charge on any atom is 0.246 e. The van der Waals surface area contributed by atoms with Crippen molar-refractivity contribution in [2.24, 2.45) is 0 Å². The summed E-state index contributed by atoms with van der Waals surface area (Å²) in [5.74, 6) is -0.925. The Bertz CT molecular complexity index is 1070. The second-order valence-corrected chi connectivity index (χ2v) is 7.94. The van der Waals surface area contributed by atoms with E-state index in [1.807, 2.05) is 11.1 Å². The zero-order valence-corrected chi connectivity index (χ0v) is 17.8. The number of halogens is 1. The Morgan fingerprint density at radius 1 is 1.38 bits per heavy atom. The molecule has 0 radical (unpaired) electrons. The highest BCUT2D eigenvalue weighted by atomic mass is 19.1. The predicted octanol–water partition coefficient (Wildman–Crippen LogP) is 2.47. The number of amides is 1. The lowest BCUT2D eigenvalue weighted by Crippen LogP contribution is -2.36. The number of hydrogen-bond donors (Lipinski definition) is 1. The molecular formula is C24H24FN3O4. The number of hydrogen-bond acceptors (Lipinski definition) is 6. The lowest BCUT2D eigenvalue weighted by Gasteiger charge is -2.33. The number of ketones is 1. The molecule has 1 aromatic rings. The fourth-order valence-electron chi connectivity index (χ4n) is 3.92. The minimum Gasteiger partial charge on any atom is -0.383 e. The number of nitrogens with one attached hydrogen (secondary N) is 1. The van der Waals surface area contributed by atoms with E-state index in [0.29, 0.717) is 35.6 Å². The number of fused-ring (bicyclic) bond motifs is 1. The highest BCUT2D eigenvalue weighted by molar-refractivity contribution is 5.98. The van der Waals surface area contributed by atoms with E-state index in [1.54, 1.807) is 18.2 Å². The SMILES string of the molecule is COCCNC(=O)COC1C=C2C(=CN(C3CC3)C(C#N)=C2c2cccc(F)c2)CC1=O. The molecule has 4 rings (SSSR count). The summed E-state index contributed by atoms with van der Waals surface area (Å²) in [6.07, 6.45) is 4.61. The molecular weight excluding hydrogens is 413 g/mol. The van der Waals surface area contributed by atoms with Crippen LogP contribution in [-0.4, -0.2) is 55.6 Å². The monoisotopic (exact) mass is 437 g/mol. The predicted molar refractivity (Wildman–Crippen MR) is 114 cm³/mol. The summed E-state index contributed by atoms with van der Waals surface area (Å²) in [7, 11) is 1.54.